The van der Waals surface area contributed by atoms with Gasteiger partial charge >= 0.3 is 5.69 Å². The van der Waals surface area contributed by atoms with E-state index in [9.17, 15) is 13.2 Å². The molecule has 0 unspecified atom stereocenters. The fourth-order valence-corrected chi connectivity index (χ4v) is 5.81. The first-order valence-corrected chi connectivity index (χ1v) is 9.65. The summed E-state index contributed by atoms with van der Waals surface area (Å²) >= 11 is 0. The van der Waals surface area contributed by atoms with Crippen LogP contribution in [0, 0.1) is 17.8 Å². The maximum atomic E-state index is 12.6. The summed E-state index contributed by atoms with van der Waals surface area (Å²) in [6.07, 6.45) is 4.93. The summed E-state index contributed by atoms with van der Waals surface area (Å²) in [5.41, 5.74) is 0.776. The fourth-order valence-electron chi connectivity index (χ4n) is 4.49. The average Bonchev–Trinajstić information content (AvgIpc) is 3.19. The lowest BCUT2D eigenvalue weighted by Gasteiger charge is -2.28. The Labute approximate surface area is 134 Å². The SMILES string of the molecule is C[C@H](NS(=O)(=O)c1ccc2[nH]c(=O)[nH]c2c1)[C@H]1C[C@@H]2CC[C@@H]1C2. The quantitative estimate of drug-likeness (QED) is 0.797. The van der Waals surface area contributed by atoms with Crippen molar-refractivity contribution in [3.8, 4) is 0 Å². The van der Waals surface area contributed by atoms with Crippen molar-refractivity contribution in [2.24, 2.45) is 17.8 Å². The van der Waals surface area contributed by atoms with Crippen molar-refractivity contribution in [2.75, 3.05) is 0 Å². The van der Waals surface area contributed by atoms with Gasteiger partial charge in [0.25, 0.3) is 0 Å². The lowest BCUT2D eigenvalue weighted by molar-refractivity contribution is 0.280. The van der Waals surface area contributed by atoms with Gasteiger partial charge in [-0.2, -0.15) is 0 Å². The number of benzene rings is 1. The number of H-pyrrole nitrogens is 2. The van der Waals surface area contributed by atoms with Gasteiger partial charge in [0, 0.05) is 6.04 Å². The summed E-state index contributed by atoms with van der Waals surface area (Å²) in [6.45, 7) is 1.97. The third-order valence-electron chi connectivity index (χ3n) is 5.57. The second kappa shape index (κ2) is 5.21. The van der Waals surface area contributed by atoms with Gasteiger partial charge in [-0.25, -0.2) is 17.9 Å². The van der Waals surface area contributed by atoms with Crippen LogP contribution >= 0.6 is 0 Å². The van der Waals surface area contributed by atoms with Crippen molar-refractivity contribution in [3.63, 3.8) is 0 Å². The number of nitrogens with one attached hydrogen (secondary N) is 3. The summed E-state index contributed by atoms with van der Waals surface area (Å²) < 4.78 is 28.1. The van der Waals surface area contributed by atoms with Gasteiger partial charge in [0.15, 0.2) is 0 Å². The Balaban J connectivity index is 1.57. The van der Waals surface area contributed by atoms with Crippen LogP contribution in [0.2, 0.25) is 0 Å². The van der Waals surface area contributed by atoms with Crippen LogP contribution in [0.3, 0.4) is 0 Å². The number of sulfonamides is 1. The van der Waals surface area contributed by atoms with E-state index in [0.717, 1.165) is 12.3 Å². The molecule has 2 aliphatic carbocycles. The third-order valence-corrected chi connectivity index (χ3v) is 7.13. The lowest BCUT2D eigenvalue weighted by atomic mass is 9.84. The van der Waals surface area contributed by atoms with Gasteiger partial charge < -0.3 is 9.97 Å². The Hall–Kier alpha value is -1.60. The first-order chi connectivity index (χ1) is 10.9. The molecule has 0 spiro atoms. The molecule has 4 atom stereocenters. The molecule has 2 aromatic rings. The van der Waals surface area contributed by atoms with E-state index in [4.69, 9.17) is 0 Å². The van der Waals surface area contributed by atoms with E-state index in [-0.39, 0.29) is 16.6 Å². The van der Waals surface area contributed by atoms with Crippen LogP contribution in [-0.2, 0) is 10.0 Å². The van der Waals surface area contributed by atoms with Crippen molar-refractivity contribution >= 4 is 21.1 Å². The first-order valence-electron chi connectivity index (χ1n) is 8.17. The van der Waals surface area contributed by atoms with Crippen molar-refractivity contribution < 1.29 is 8.42 Å². The second-order valence-corrected chi connectivity index (χ2v) is 8.75. The number of hydrogen-bond acceptors (Lipinski definition) is 3. The van der Waals surface area contributed by atoms with Crippen molar-refractivity contribution in [1.82, 2.24) is 14.7 Å². The Morgan fingerprint density at radius 3 is 2.65 bits per heavy atom. The van der Waals surface area contributed by atoms with Crippen molar-refractivity contribution in [3.05, 3.63) is 28.7 Å². The molecule has 1 aromatic heterocycles. The second-order valence-electron chi connectivity index (χ2n) is 7.04. The Kier molecular flexibility index (Phi) is 3.39. The van der Waals surface area contributed by atoms with Gasteiger partial charge in [0.2, 0.25) is 10.0 Å². The van der Waals surface area contributed by atoms with E-state index in [1.807, 2.05) is 6.92 Å². The molecule has 0 radical (unpaired) electrons. The maximum absolute atomic E-state index is 12.6. The van der Waals surface area contributed by atoms with Crippen LogP contribution in [-0.4, -0.2) is 24.4 Å². The number of aromatic nitrogens is 2. The highest BCUT2D eigenvalue weighted by Gasteiger charge is 2.42. The number of aromatic amines is 2. The zero-order valence-corrected chi connectivity index (χ0v) is 13.8. The molecule has 2 aliphatic rings. The van der Waals surface area contributed by atoms with E-state index in [2.05, 4.69) is 14.7 Å². The molecule has 2 fully saturated rings. The Bertz CT molecular complexity index is 899. The average molecular weight is 335 g/mol. The molecular formula is C16H21N3O3S. The molecule has 1 heterocycles. The molecule has 4 rings (SSSR count). The third kappa shape index (κ3) is 2.61. The molecule has 2 bridgehead atoms. The minimum atomic E-state index is -3.58. The Morgan fingerprint density at radius 1 is 1.17 bits per heavy atom. The highest BCUT2D eigenvalue weighted by molar-refractivity contribution is 7.89. The zero-order valence-electron chi connectivity index (χ0n) is 13.0. The van der Waals surface area contributed by atoms with Crippen LogP contribution in [0.4, 0.5) is 0 Å². The van der Waals surface area contributed by atoms with E-state index in [1.54, 1.807) is 6.07 Å². The predicted octanol–water partition coefficient (Wildman–Crippen LogP) is 1.96. The molecule has 124 valence electrons. The van der Waals surface area contributed by atoms with Crippen molar-refractivity contribution in [2.45, 2.75) is 43.5 Å². The Morgan fingerprint density at radius 2 is 1.96 bits per heavy atom. The van der Waals surface area contributed by atoms with Gasteiger partial charge in [-0.1, -0.05) is 6.42 Å². The van der Waals surface area contributed by atoms with Gasteiger partial charge in [0.1, 0.15) is 0 Å². The molecule has 1 aromatic carbocycles. The summed E-state index contributed by atoms with van der Waals surface area (Å²) in [4.78, 5) is 16.7. The molecule has 0 saturated heterocycles. The standard InChI is InChI=1S/C16H21N3O3S/c1-9(13-7-10-2-3-11(13)6-10)19-23(21,22)12-4-5-14-15(8-12)18-16(20)17-14/h4-5,8-11,13,19H,2-3,6-7H2,1H3,(H2,17,18,20)/t9-,10+,11+,13+/m0/s1. The number of fused-ring (bicyclic) bond motifs is 3. The highest BCUT2D eigenvalue weighted by atomic mass is 32.2. The molecule has 0 aliphatic heterocycles. The minimum absolute atomic E-state index is 0.0590. The van der Waals surface area contributed by atoms with E-state index in [1.165, 1.54) is 31.4 Å². The van der Waals surface area contributed by atoms with Crippen LogP contribution in [0.25, 0.3) is 11.0 Å². The van der Waals surface area contributed by atoms with Gasteiger partial charge in [-0.15, -0.1) is 0 Å². The fraction of sp³-hybridized carbons (Fsp3) is 0.562. The van der Waals surface area contributed by atoms with Crippen LogP contribution < -0.4 is 10.4 Å². The molecule has 0 amide bonds. The monoisotopic (exact) mass is 335 g/mol. The minimum Gasteiger partial charge on any atom is -0.306 e. The number of rotatable bonds is 4. The predicted molar refractivity (Wildman–Crippen MR) is 87.6 cm³/mol. The van der Waals surface area contributed by atoms with Gasteiger partial charge in [-0.05, 0) is 62.1 Å². The molecule has 6 nitrogen and oxygen atoms in total. The lowest BCUT2D eigenvalue weighted by Crippen LogP contribution is -2.40. The topological polar surface area (TPSA) is 94.8 Å². The van der Waals surface area contributed by atoms with E-state index >= 15 is 0 Å². The maximum Gasteiger partial charge on any atom is 0.323 e. The summed E-state index contributed by atoms with van der Waals surface area (Å²) in [5, 5.41) is 0. The van der Waals surface area contributed by atoms with E-state index in [0.29, 0.717) is 22.9 Å². The molecule has 23 heavy (non-hydrogen) atoms. The first kappa shape index (κ1) is 15.0. The smallest absolute Gasteiger partial charge is 0.306 e. The van der Waals surface area contributed by atoms with E-state index < -0.39 is 10.0 Å². The zero-order chi connectivity index (χ0) is 16.2. The number of imidazole rings is 1. The van der Waals surface area contributed by atoms with Crippen LogP contribution in [0.15, 0.2) is 27.9 Å². The van der Waals surface area contributed by atoms with Gasteiger partial charge in [-0.3, -0.25) is 0 Å². The highest BCUT2D eigenvalue weighted by Crippen LogP contribution is 2.49. The largest absolute Gasteiger partial charge is 0.323 e. The van der Waals surface area contributed by atoms with Crippen molar-refractivity contribution in [1.29, 1.82) is 0 Å². The molecule has 3 N–H and O–H groups in total. The molecular weight excluding hydrogens is 314 g/mol. The number of hydrogen-bond donors (Lipinski definition) is 3. The molecule has 7 heteroatoms. The molecule has 2 saturated carbocycles. The normalized spacial score (nSPS) is 28.5. The van der Waals surface area contributed by atoms with Crippen LogP contribution in [0.1, 0.15) is 32.6 Å². The van der Waals surface area contributed by atoms with Gasteiger partial charge in [0.05, 0.1) is 15.9 Å². The summed E-state index contributed by atoms with van der Waals surface area (Å²) in [5.74, 6) is 1.90. The summed E-state index contributed by atoms with van der Waals surface area (Å²) in [6, 6.07) is 4.59. The van der Waals surface area contributed by atoms with Crippen LogP contribution in [0.5, 0.6) is 0 Å². The summed E-state index contributed by atoms with van der Waals surface area (Å²) in [7, 11) is -3.58.